The average molecular weight is 313 g/mol. The highest BCUT2D eigenvalue weighted by molar-refractivity contribution is 7.16. The summed E-state index contributed by atoms with van der Waals surface area (Å²) < 4.78 is 0. The highest BCUT2D eigenvalue weighted by Crippen LogP contribution is 2.41. The van der Waals surface area contributed by atoms with E-state index in [1.165, 1.54) is 17.9 Å². The van der Waals surface area contributed by atoms with Crippen LogP contribution in [0.1, 0.15) is 31.2 Å². The van der Waals surface area contributed by atoms with E-state index >= 15 is 0 Å². The van der Waals surface area contributed by atoms with Crippen LogP contribution in [0, 0.1) is 10.1 Å². The van der Waals surface area contributed by atoms with Crippen LogP contribution in [0.4, 0.5) is 10.7 Å². The van der Waals surface area contributed by atoms with Gasteiger partial charge in [0.25, 0.3) is 0 Å². The number of hydrogen-bond donors (Lipinski definition) is 2. The predicted molar refractivity (Wildman–Crippen MR) is 76.2 cm³/mol. The minimum absolute atomic E-state index is 0.120. The maximum atomic E-state index is 11.9. The third-order valence-electron chi connectivity index (χ3n) is 3.22. The second-order valence-electron chi connectivity index (χ2n) is 4.74. The molecule has 1 aliphatic heterocycles. The summed E-state index contributed by atoms with van der Waals surface area (Å²) in [6.07, 6.45) is -0.435. The molecular weight excluding hydrogens is 298 g/mol. The molecule has 1 unspecified atom stereocenters. The molecule has 8 nitrogen and oxygen atoms in total. The third kappa shape index (κ3) is 2.88. The van der Waals surface area contributed by atoms with Crippen molar-refractivity contribution in [2.24, 2.45) is 0 Å². The molecule has 2 atom stereocenters. The summed E-state index contributed by atoms with van der Waals surface area (Å²) in [5.74, 6) is -0.957. The van der Waals surface area contributed by atoms with E-state index < -0.39 is 28.9 Å². The van der Waals surface area contributed by atoms with Crippen LogP contribution >= 0.6 is 11.3 Å². The van der Waals surface area contributed by atoms with Crippen LogP contribution in [0.3, 0.4) is 0 Å². The number of aliphatic hydroxyl groups is 1. The molecule has 2 N–H and O–H groups in total. The Hall–Kier alpha value is -2.00. The Balaban J connectivity index is 2.49. The van der Waals surface area contributed by atoms with Crippen molar-refractivity contribution in [3.05, 3.63) is 21.1 Å². The summed E-state index contributed by atoms with van der Waals surface area (Å²) in [6, 6.07) is 0.649. The van der Waals surface area contributed by atoms with Gasteiger partial charge in [-0.05, 0) is 13.3 Å². The van der Waals surface area contributed by atoms with Gasteiger partial charge in [0, 0.05) is 10.9 Å². The van der Waals surface area contributed by atoms with Gasteiger partial charge in [0.2, 0.25) is 11.8 Å². The number of piperazine rings is 1. The number of nitrogens with zero attached hydrogens (tertiary/aromatic N) is 2. The van der Waals surface area contributed by atoms with Crippen LogP contribution in [0.5, 0.6) is 0 Å². The molecule has 1 fully saturated rings. The minimum Gasteiger partial charge on any atom is -0.388 e. The third-order valence-corrected chi connectivity index (χ3v) is 4.56. The van der Waals surface area contributed by atoms with E-state index in [9.17, 15) is 24.8 Å². The summed E-state index contributed by atoms with van der Waals surface area (Å²) in [5, 5.41) is 23.2. The van der Waals surface area contributed by atoms with E-state index in [1.54, 1.807) is 6.92 Å². The van der Waals surface area contributed by atoms with Gasteiger partial charge in [0.05, 0.1) is 17.6 Å². The fourth-order valence-corrected chi connectivity index (χ4v) is 3.33. The first-order chi connectivity index (χ1) is 9.85. The molecule has 0 spiro atoms. The van der Waals surface area contributed by atoms with Crippen molar-refractivity contribution in [3.63, 3.8) is 0 Å². The molecule has 0 saturated carbocycles. The maximum Gasteiger partial charge on any atom is 0.304 e. The van der Waals surface area contributed by atoms with Crippen molar-refractivity contribution >= 4 is 33.8 Å². The molecule has 2 rings (SSSR count). The zero-order chi connectivity index (χ0) is 15.7. The van der Waals surface area contributed by atoms with Gasteiger partial charge in [0.1, 0.15) is 6.04 Å². The van der Waals surface area contributed by atoms with Gasteiger partial charge in [-0.3, -0.25) is 25.0 Å². The number of carbonyl (C=O) groups excluding carboxylic acids is 2. The quantitative estimate of drug-likeness (QED) is 0.486. The number of imide groups is 1. The SMILES string of the molecule is CCC1C(=O)NC(=O)CN1c1sc([C@H](C)O)cc1[N+](=O)[O-]. The van der Waals surface area contributed by atoms with Crippen molar-refractivity contribution in [3.8, 4) is 0 Å². The van der Waals surface area contributed by atoms with Gasteiger partial charge in [-0.25, -0.2) is 0 Å². The van der Waals surface area contributed by atoms with Crippen molar-refractivity contribution in [2.45, 2.75) is 32.4 Å². The Labute approximate surface area is 124 Å². The molecule has 21 heavy (non-hydrogen) atoms. The summed E-state index contributed by atoms with van der Waals surface area (Å²) in [5.41, 5.74) is -0.197. The van der Waals surface area contributed by atoms with E-state index in [2.05, 4.69) is 5.32 Å². The zero-order valence-corrected chi connectivity index (χ0v) is 12.3. The van der Waals surface area contributed by atoms with Crippen LogP contribution in [-0.4, -0.2) is 34.4 Å². The number of amides is 2. The topological polar surface area (TPSA) is 113 Å². The maximum absolute atomic E-state index is 11.9. The van der Waals surface area contributed by atoms with Crippen LogP contribution in [0.25, 0.3) is 0 Å². The molecule has 1 aromatic rings. The monoisotopic (exact) mass is 313 g/mol. The first-order valence-corrected chi connectivity index (χ1v) is 7.23. The van der Waals surface area contributed by atoms with Gasteiger partial charge in [-0.2, -0.15) is 0 Å². The lowest BCUT2D eigenvalue weighted by atomic mass is 10.1. The van der Waals surface area contributed by atoms with Crippen molar-refractivity contribution in [2.75, 3.05) is 11.4 Å². The molecule has 2 amide bonds. The first kappa shape index (κ1) is 15.4. The number of nitrogens with one attached hydrogen (secondary N) is 1. The number of anilines is 1. The number of nitro groups is 1. The summed E-state index contributed by atoms with van der Waals surface area (Å²) in [4.78, 5) is 35.9. The zero-order valence-electron chi connectivity index (χ0n) is 11.5. The van der Waals surface area contributed by atoms with E-state index in [0.29, 0.717) is 11.3 Å². The molecule has 1 aromatic heterocycles. The van der Waals surface area contributed by atoms with E-state index in [1.807, 2.05) is 0 Å². The molecule has 9 heteroatoms. The Bertz CT molecular complexity index is 598. The Morgan fingerprint density at radius 3 is 2.81 bits per heavy atom. The lowest BCUT2D eigenvalue weighted by Gasteiger charge is -2.33. The number of aliphatic hydroxyl groups excluding tert-OH is 1. The number of thiophene rings is 1. The van der Waals surface area contributed by atoms with Gasteiger partial charge >= 0.3 is 5.69 Å². The fraction of sp³-hybridized carbons (Fsp3) is 0.500. The molecule has 0 radical (unpaired) electrons. The second-order valence-corrected chi connectivity index (χ2v) is 5.80. The molecule has 2 heterocycles. The first-order valence-electron chi connectivity index (χ1n) is 6.41. The highest BCUT2D eigenvalue weighted by atomic mass is 32.1. The average Bonchev–Trinajstić information content (AvgIpc) is 2.83. The number of carbonyl (C=O) groups is 2. The van der Waals surface area contributed by atoms with E-state index in [4.69, 9.17) is 0 Å². The molecule has 0 bridgehead atoms. The Morgan fingerprint density at radius 1 is 1.62 bits per heavy atom. The number of rotatable bonds is 4. The Morgan fingerprint density at radius 2 is 2.29 bits per heavy atom. The largest absolute Gasteiger partial charge is 0.388 e. The van der Waals surface area contributed by atoms with Crippen molar-refractivity contribution in [1.82, 2.24) is 5.32 Å². The van der Waals surface area contributed by atoms with Crippen LogP contribution in [0.2, 0.25) is 0 Å². The second kappa shape index (κ2) is 5.78. The van der Waals surface area contributed by atoms with E-state index in [0.717, 1.165) is 11.3 Å². The van der Waals surface area contributed by atoms with Crippen LogP contribution in [0.15, 0.2) is 6.07 Å². The van der Waals surface area contributed by atoms with Gasteiger partial charge in [-0.15, -0.1) is 11.3 Å². The van der Waals surface area contributed by atoms with Gasteiger partial charge < -0.3 is 10.0 Å². The summed E-state index contributed by atoms with van der Waals surface area (Å²) >= 11 is 1.03. The summed E-state index contributed by atoms with van der Waals surface area (Å²) in [7, 11) is 0. The smallest absolute Gasteiger partial charge is 0.304 e. The van der Waals surface area contributed by atoms with Crippen LogP contribution < -0.4 is 10.2 Å². The standard InChI is InChI=1S/C12H15N3O5S/c1-3-7-11(18)13-10(17)5-14(7)12-8(15(19)20)4-9(21-12)6(2)16/h4,6-7,16H,3,5H2,1-2H3,(H,13,17,18)/t6-,7?/m0/s1. The van der Waals surface area contributed by atoms with E-state index in [-0.39, 0.29) is 17.2 Å². The van der Waals surface area contributed by atoms with Crippen LogP contribution in [-0.2, 0) is 9.59 Å². The lowest BCUT2D eigenvalue weighted by Crippen LogP contribution is -2.58. The highest BCUT2D eigenvalue weighted by Gasteiger charge is 2.37. The van der Waals surface area contributed by atoms with Crippen molar-refractivity contribution < 1.29 is 19.6 Å². The lowest BCUT2D eigenvalue weighted by molar-refractivity contribution is -0.383. The molecule has 1 saturated heterocycles. The number of hydrogen-bond acceptors (Lipinski definition) is 7. The molecule has 114 valence electrons. The summed E-state index contributed by atoms with van der Waals surface area (Å²) in [6.45, 7) is 3.15. The minimum atomic E-state index is -0.850. The van der Waals surface area contributed by atoms with Gasteiger partial charge in [0.15, 0.2) is 5.00 Å². The molecule has 1 aliphatic rings. The van der Waals surface area contributed by atoms with Gasteiger partial charge in [-0.1, -0.05) is 6.92 Å². The Kier molecular flexibility index (Phi) is 4.24. The fourth-order valence-electron chi connectivity index (χ4n) is 2.22. The molecule has 0 aromatic carbocycles. The van der Waals surface area contributed by atoms with Crippen molar-refractivity contribution in [1.29, 1.82) is 0 Å². The predicted octanol–water partition coefficient (Wildman–Crippen LogP) is 0.951. The normalized spacial score (nSPS) is 20.3. The molecule has 0 aliphatic carbocycles. The molecular formula is C12H15N3O5S.